The molecule has 1 aromatic rings. The zero-order valence-electron chi connectivity index (χ0n) is 10.7. The van der Waals surface area contributed by atoms with E-state index < -0.39 is 0 Å². The Hall–Kier alpha value is -0.980. The van der Waals surface area contributed by atoms with E-state index >= 15 is 0 Å². The maximum atomic E-state index is 11.8. The highest BCUT2D eigenvalue weighted by molar-refractivity contribution is 7.09. The van der Waals surface area contributed by atoms with E-state index in [4.69, 9.17) is 4.74 Å². The van der Waals surface area contributed by atoms with E-state index in [-0.39, 0.29) is 12.0 Å². The molecule has 2 N–H and O–H groups in total. The van der Waals surface area contributed by atoms with Crippen LogP contribution in [0.25, 0.3) is 0 Å². The number of carbonyl (C=O) groups is 1. The lowest BCUT2D eigenvalue weighted by Gasteiger charge is -2.22. The number of ether oxygens (including phenoxy) is 1. The fourth-order valence-electron chi connectivity index (χ4n) is 1.68. The fourth-order valence-corrected chi connectivity index (χ4v) is 2.58. The third-order valence-electron chi connectivity index (χ3n) is 2.79. The number of hydrogen-bond acceptors (Lipinski definition) is 5. The monoisotopic (exact) mass is 269 g/mol. The molecule has 0 spiro atoms. The average molecular weight is 269 g/mol. The van der Waals surface area contributed by atoms with Crippen molar-refractivity contribution in [3.05, 3.63) is 16.1 Å². The van der Waals surface area contributed by atoms with Crippen molar-refractivity contribution in [3.8, 4) is 0 Å². The van der Waals surface area contributed by atoms with E-state index in [9.17, 15) is 4.79 Å². The molecule has 0 radical (unpaired) electrons. The maximum Gasteiger partial charge on any atom is 0.250 e. The van der Waals surface area contributed by atoms with Crippen molar-refractivity contribution in [2.45, 2.75) is 32.4 Å². The van der Waals surface area contributed by atoms with Crippen molar-refractivity contribution in [3.63, 3.8) is 0 Å². The second kappa shape index (κ2) is 6.26. The second-order valence-corrected chi connectivity index (χ2v) is 5.54. The molecule has 1 fully saturated rings. The van der Waals surface area contributed by atoms with Crippen LogP contribution < -0.4 is 10.6 Å². The van der Waals surface area contributed by atoms with Gasteiger partial charge in [-0.1, -0.05) is 13.8 Å². The number of aromatic nitrogens is 1. The maximum absolute atomic E-state index is 11.8. The first-order chi connectivity index (χ1) is 8.66. The van der Waals surface area contributed by atoms with Crippen molar-refractivity contribution in [1.29, 1.82) is 0 Å². The fraction of sp³-hybridized carbons (Fsp3) is 0.667. The Kier molecular flexibility index (Phi) is 4.68. The van der Waals surface area contributed by atoms with E-state index in [0.29, 0.717) is 25.6 Å². The van der Waals surface area contributed by atoms with Gasteiger partial charge in [0.2, 0.25) is 0 Å². The van der Waals surface area contributed by atoms with Gasteiger partial charge in [0.15, 0.2) is 0 Å². The molecular weight excluding hydrogens is 250 g/mol. The molecule has 5 nitrogen and oxygen atoms in total. The zero-order valence-corrected chi connectivity index (χ0v) is 11.5. The van der Waals surface area contributed by atoms with E-state index in [2.05, 4.69) is 29.5 Å². The zero-order chi connectivity index (χ0) is 13.0. The molecule has 1 aliphatic heterocycles. The molecule has 0 saturated carbocycles. The number of nitrogens with zero attached hydrogens (tertiary/aromatic N) is 1. The molecule has 0 aliphatic carbocycles. The summed E-state index contributed by atoms with van der Waals surface area (Å²) in [6, 6.07) is 0. The van der Waals surface area contributed by atoms with E-state index in [1.54, 1.807) is 11.3 Å². The summed E-state index contributed by atoms with van der Waals surface area (Å²) in [6.45, 7) is 6.69. The van der Waals surface area contributed by atoms with Gasteiger partial charge in [0.1, 0.15) is 11.1 Å². The molecule has 1 aromatic heterocycles. The lowest BCUT2D eigenvalue weighted by molar-refractivity contribution is -0.134. The van der Waals surface area contributed by atoms with Gasteiger partial charge >= 0.3 is 0 Å². The van der Waals surface area contributed by atoms with Gasteiger partial charge in [-0.2, -0.15) is 0 Å². The normalized spacial score (nSPS) is 20.1. The molecule has 0 aromatic carbocycles. The van der Waals surface area contributed by atoms with Gasteiger partial charge in [0.05, 0.1) is 18.8 Å². The standard InChI is InChI=1S/C12H19N3O2S/c1-8(2)9-7-18-11(15-9)6-14-12(16)10-5-13-3-4-17-10/h7-8,10,13H,3-6H2,1-2H3,(H,14,16). The average Bonchev–Trinajstić information content (AvgIpc) is 2.86. The van der Waals surface area contributed by atoms with Crippen LogP contribution >= 0.6 is 11.3 Å². The largest absolute Gasteiger partial charge is 0.366 e. The first kappa shape index (κ1) is 13.5. The summed E-state index contributed by atoms with van der Waals surface area (Å²) in [7, 11) is 0. The molecule has 1 amide bonds. The summed E-state index contributed by atoms with van der Waals surface area (Å²) in [5.74, 6) is 0.361. The molecule has 1 saturated heterocycles. The van der Waals surface area contributed by atoms with Crippen molar-refractivity contribution >= 4 is 17.2 Å². The number of thiazole rings is 1. The molecule has 6 heteroatoms. The van der Waals surface area contributed by atoms with Gasteiger partial charge in [0, 0.05) is 18.5 Å². The predicted molar refractivity (Wildman–Crippen MR) is 70.7 cm³/mol. The summed E-state index contributed by atoms with van der Waals surface area (Å²) < 4.78 is 5.38. The minimum atomic E-state index is -0.372. The Morgan fingerprint density at radius 3 is 3.17 bits per heavy atom. The van der Waals surface area contributed by atoms with Crippen LogP contribution in [0.4, 0.5) is 0 Å². The lowest BCUT2D eigenvalue weighted by atomic mass is 10.2. The van der Waals surface area contributed by atoms with Crippen molar-refractivity contribution in [2.24, 2.45) is 0 Å². The third kappa shape index (κ3) is 3.51. The Bertz CT molecular complexity index is 400. The van der Waals surface area contributed by atoms with Gasteiger partial charge in [-0.25, -0.2) is 4.98 Å². The first-order valence-corrected chi connectivity index (χ1v) is 7.09. The van der Waals surface area contributed by atoms with E-state index in [0.717, 1.165) is 17.2 Å². The summed E-state index contributed by atoms with van der Waals surface area (Å²) in [6.07, 6.45) is -0.372. The summed E-state index contributed by atoms with van der Waals surface area (Å²) in [5.41, 5.74) is 1.08. The summed E-state index contributed by atoms with van der Waals surface area (Å²) in [4.78, 5) is 16.3. The van der Waals surface area contributed by atoms with Gasteiger partial charge in [-0.3, -0.25) is 4.79 Å². The number of morpholine rings is 1. The second-order valence-electron chi connectivity index (χ2n) is 4.60. The lowest BCUT2D eigenvalue weighted by Crippen LogP contribution is -2.47. The SMILES string of the molecule is CC(C)c1csc(CNC(=O)C2CNCCO2)n1. The summed E-state index contributed by atoms with van der Waals surface area (Å²) >= 11 is 1.58. The molecule has 100 valence electrons. The molecule has 2 heterocycles. The molecule has 0 bridgehead atoms. The van der Waals surface area contributed by atoms with Crippen molar-refractivity contribution in [2.75, 3.05) is 19.7 Å². The van der Waals surface area contributed by atoms with Gasteiger partial charge in [0.25, 0.3) is 5.91 Å². The Balaban J connectivity index is 1.81. The van der Waals surface area contributed by atoms with E-state index in [1.807, 2.05) is 5.38 Å². The van der Waals surface area contributed by atoms with Crippen LogP contribution in [0.2, 0.25) is 0 Å². The van der Waals surface area contributed by atoms with Crippen LogP contribution in [-0.2, 0) is 16.1 Å². The van der Waals surface area contributed by atoms with Crippen LogP contribution in [0.15, 0.2) is 5.38 Å². The first-order valence-electron chi connectivity index (χ1n) is 6.21. The minimum absolute atomic E-state index is 0.0662. The van der Waals surface area contributed by atoms with Crippen LogP contribution in [-0.4, -0.2) is 36.7 Å². The topological polar surface area (TPSA) is 63.2 Å². The van der Waals surface area contributed by atoms with Gasteiger partial charge < -0.3 is 15.4 Å². The number of carbonyl (C=O) groups excluding carboxylic acids is 1. The number of nitrogens with one attached hydrogen (secondary N) is 2. The van der Waals surface area contributed by atoms with Crippen molar-refractivity contribution < 1.29 is 9.53 Å². The Morgan fingerprint density at radius 1 is 1.72 bits per heavy atom. The number of rotatable bonds is 4. The molecule has 1 aliphatic rings. The number of amides is 1. The van der Waals surface area contributed by atoms with Crippen LogP contribution in [0, 0.1) is 0 Å². The van der Waals surface area contributed by atoms with Crippen LogP contribution in [0.3, 0.4) is 0 Å². The molecule has 1 atom stereocenters. The summed E-state index contributed by atoms with van der Waals surface area (Å²) in [5, 5.41) is 8.99. The molecule has 2 rings (SSSR count). The highest BCUT2D eigenvalue weighted by Crippen LogP contribution is 2.17. The van der Waals surface area contributed by atoms with Crippen LogP contribution in [0.5, 0.6) is 0 Å². The molecule has 1 unspecified atom stereocenters. The quantitative estimate of drug-likeness (QED) is 0.851. The Labute approximate surface area is 111 Å². The third-order valence-corrected chi connectivity index (χ3v) is 3.66. The molecule has 18 heavy (non-hydrogen) atoms. The highest BCUT2D eigenvalue weighted by atomic mass is 32.1. The smallest absolute Gasteiger partial charge is 0.250 e. The number of hydrogen-bond donors (Lipinski definition) is 2. The van der Waals surface area contributed by atoms with Gasteiger partial charge in [-0.15, -0.1) is 11.3 Å². The predicted octanol–water partition coefficient (Wildman–Crippen LogP) is 0.871. The Morgan fingerprint density at radius 2 is 2.56 bits per heavy atom. The van der Waals surface area contributed by atoms with Gasteiger partial charge in [-0.05, 0) is 5.92 Å². The minimum Gasteiger partial charge on any atom is -0.366 e. The van der Waals surface area contributed by atoms with E-state index in [1.165, 1.54) is 0 Å². The molecular formula is C12H19N3O2S. The highest BCUT2D eigenvalue weighted by Gasteiger charge is 2.21. The van der Waals surface area contributed by atoms with Crippen LogP contribution in [0.1, 0.15) is 30.5 Å². The van der Waals surface area contributed by atoms with Crippen molar-refractivity contribution in [1.82, 2.24) is 15.6 Å².